The van der Waals surface area contributed by atoms with E-state index in [-0.39, 0.29) is 11.8 Å². The fourth-order valence-electron chi connectivity index (χ4n) is 4.53. The normalized spacial score (nSPS) is 13.9. The maximum absolute atomic E-state index is 13.4. The molecule has 0 saturated heterocycles. The van der Waals surface area contributed by atoms with Gasteiger partial charge in [-0.1, -0.05) is 55.5 Å². The van der Waals surface area contributed by atoms with Gasteiger partial charge < -0.3 is 9.47 Å². The molecule has 0 bridgehead atoms. The van der Waals surface area contributed by atoms with E-state index in [0.29, 0.717) is 13.1 Å². The summed E-state index contributed by atoms with van der Waals surface area (Å²) in [7, 11) is 0. The first-order chi connectivity index (χ1) is 15.2. The van der Waals surface area contributed by atoms with Crippen LogP contribution in [0.1, 0.15) is 41.6 Å². The molecule has 31 heavy (non-hydrogen) atoms. The topological polar surface area (TPSA) is 43.1 Å². The van der Waals surface area contributed by atoms with Crippen molar-refractivity contribution in [2.24, 2.45) is 0 Å². The number of carbonyl (C=O) groups excluding carboxylic acids is 1. The molecule has 2 aromatic carbocycles. The summed E-state index contributed by atoms with van der Waals surface area (Å²) >= 11 is 0. The van der Waals surface area contributed by atoms with E-state index in [9.17, 15) is 4.79 Å². The fraction of sp³-hybridized carbons (Fsp3) is 0.231. The first-order valence-corrected chi connectivity index (χ1v) is 10.8. The standard InChI is InChI=1S/C26H26N4O/c1-3-21(20-12-5-4-6-13-20)26(31)29-17-22-23(18-29)27-30(24-14-8-7-11-19(24)2)25(22)28-15-9-10-16-28/h4-16,21H,3,17-18H2,1-2H3. The minimum Gasteiger partial charge on any atom is -0.332 e. The molecule has 3 heterocycles. The van der Waals surface area contributed by atoms with Gasteiger partial charge in [0.1, 0.15) is 5.82 Å². The van der Waals surface area contributed by atoms with Gasteiger partial charge in [0.15, 0.2) is 0 Å². The Labute approximate surface area is 182 Å². The third kappa shape index (κ3) is 3.36. The highest BCUT2D eigenvalue weighted by Crippen LogP contribution is 2.33. The van der Waals surface area contributed by atoms with Gasteiger partial charge in [0.25, 0.3) is 0 Å². The zero-order valence-corrected chi connectivity index (χ0v) is 17.9. The number of amides is 1. The van der Waals surface area contributed by atoms with Crippen molar-refractivity contribution in [2.75, 3.05) is 0 Å². The van der Waals surface area contributed by atoms with Gasteiger partial charge in [0.05, 0.1) is 30.4 Å². The smallest absolute Gasteiger partial charge is 0.230 e. The second-order valence-corrected chi connectivity index (χ2v) is 8.10. The number of fused-ring (bicyclic) bond motifs is 1. The number of para-hydroxylation sites is 1. The minimum atomic E-state index is -0.122. The molecule has 0 saturated carbocycles. The average Bonchev–Trinajstić information content (AvgIpc) is 3.51. The van der Waals surface area contributed by atoms with Crippen molar-refractivity contribution >= 4 is 5.91 Å². The number of nitrogens with zero attached hydrogens (tertiary/aromatic N) is 4. The molecule has 5 heteroatoms. The van der Waals surface area contributed by atoms with Crippen LogP contribution in [0.15, 0.2) is 79.1 Å². The van der Waals surface area contributed by atoms with Crippen molar-refractivity contribution in [3.63, 3.8) is 0 Å². The molecule has 4 aromatic rings. The lowest BCUT2D eigenvalue weighted by Crippen LogP contribution is -2.31. The lowest BCUT2D eigenvalue weighted by Gasteiger charge is -2.23. The Hall–Kier alpha value is -3.60. The van der Waals surface area contributed by atoms with Crippen molar-refractivity contribution in [1.29, 1.82) is 0 Å². The molecule has 1 amide bonds. The molecular weight excluding hydrogens is 384 g/mol. The maximum Gasteiger partial charge on any atom is 0.230 e. The molecule has 0 radical (unpaired) electrons. The lowest BCUT2D eigenvalue weighted by molar-refractivity contribution is -0.133. The second-order valence-electron chi connectivity index (χ2n) is 8.10. The second kappa shape index (κ2) is 7.91. The molecule has 0 aliphatic carbocycles. The van der Waals surface area contributed by atoms with E-state index in [2.05, 4.69) is 30.5 Å². The van der Waals surface area contributed by atoms with Crippen LogP contribution in [0.2, 0.25) is 0 Å². The van der Waals surface area contributed by atoms with Gasteiger partial charge in [-0.25, -0.2) is 4.68 Å². The number of hydrogen-bond donors (Lipinski definition) is 0. The van der Waals surface area contributed by atoms with Gasteiger partial charge in [0, 0.05) is 18.0 Å². The van der Waals surface area contributed by atoms with Gasteiger partial charge >= 0.3 is 0 Å². The molecular formula is C26H26N4O. The highest BCUT2D eigenvalue weighted by Gasteiger charge is 2.34. The summed E-state index contributed by atoms with van der Waals surface area (Å²) in [6.45, 7) is 5.30. The van der Waals surface area contributed by atoms with Gasteiger partial charge in [-0.15, -0.1) is 0 Å². The summed E-state index contributed by atoms with van der Waals surface area (Å²) < 4.78 is 4.12. The van der Waals surface area contributed by atoms with E-state index in [4.69, 9.17) is 5.10 Å². The molecule has 5 rings (SSSR count). The minimum absolute atomic E-state index is 0.122. The van der Waals surface area contributed by atoms with E-state index in [1.54, 1.807) is 0 Å². The Morgan fingerprint density at radius 1 is 0.968 bits per heavy atom. The summed E-state index contributed by atoms with van der Waals surface area (Å²) in [5.41, 5.74) is 5.41. The van der Waals surface area contributed by atoms with E-state index >= 15 is 0 Å². The molecule has 1 atom stereocenters. The first kappa shape index (κ1) is 19.4. The van der Waals surface area contributed by atoms with Crippen LogP contribution >= 0.6 is 0 Å². The van der Waals surface area contributed by atoms with Gasteiger partial charge in [-0.05, 0) is 42.7 Å². The van der Waals surface area contributed by atoms with Crippen molar-refractivity contribution in [3.05, 3.63) is 102 Å². The number of rotatable bonds is 5. The zero-order valence-electron chi connectivity index (χ0n) is 17.9. The monoisotopic (exact) mass is 410 g/mol. The van der Waals surface area contributed by atoms with Crippen LogP contribution in [-0.2, 0) is 17.9 Å². The lowest BCUT2D eigenvalue weighted by atomic mass is 9.95. The highest BCUT2D eigenvalue weighted by molar-refractivity contribution is 5.84. The molecule has 0 spiro atoms. The number of aromatic nitrogens is 3. The molecule has 1 unspecified atom stereocenters. The summed E-state index contributed by atoms with van der Waals surface area (Å²) in [6, 6.07) is 22.4. The molecule has 5 nitrogen and oxygen atoms in total. The van der Waals surface area contributed by atoms with E-state index < -0.39 is 0 Å². The number of hydrogen-bond acceptors (Lipinski definition) is 2. The largest absolute Gasteiger partial charge is 0.332 e. The van der Waals surface area contributed by atoms with Gasteiger partial charge in [-0.3, -0.25) is 4.79 Å². The zero-order chi connectivity index (χ0) is 21.4. The fourth-order valence-corrected chi connectivity index (χ4v) is 4.53. The van der Waals surface area contributed by atoms with Crippen molar-refractivity contribution in [3.8, 4) is 11.5 Å². The van der Waals surface area contributed by atoms with E-state index in [1.165, 1.54) is 5.56 Å². The Morgan fingerprint density at radius 2 is 1.68 bits per heavy atom. The van der Waals surface area contributed by atoms with Crippen LogP contribution in [0.25, 0.3) is 11.5 Å². The predicted molar refractivity (Wildman–Crippen MR) is 121 cm³/mol. The predicted octanol–water partition coefficient (Wildman–Crippen LogP) is 5.01. The third-order valence-electron chi connectivity index (χ3n) is 6.14. The number of aryl methyl sites for hydroxylation is 1. The Kier molecular flexibility index (Phi) is 4.94. The summed E-state index contributed by atoms with van der Waals surface area (Å²) in [5.74, 6) is 1.06. The van der Waals surface area contributed by atoms with Crippen LogP contribution in [0.4, 0.5) is 0 Å². The first-order valence-electron chi connectivity index (χ1n) is 10.8. The molecule has 2 aromatic heterocycles. The van der Waals surface area contributed by atoms with E-state index in [0.717, 1.165) is 34.7 Å². The third-order valence-corrected chi connectivity index (χ3v) is 6.14. The quantitative estimate of drug-likeness (QED) is 0.464. The molecule has 1 aliphatic heterocycles. The van der Waals surface area contributed by atoms with Gasteiger partial charge in [-0.2, -0.15) is 5.10 Å². The van der Waals surface area contributed by atoms with Crippen molar-refractivity contribution < 1.29 is 4.79 Å². The van der Waals surface area contributed by atoms with Crippen molar-refractivity contribution in [2.45, 2.75) is 39.3 Å². The average molecular weight is 411 g/mol. The Morgan fingerprint density at radius 3 is 2.39 bits per heavy atom. The molecule has 1 aliphatic rings. The van der Waals surface area contributed by atoms with Crippen LogP contribution < -0.4 is 0 Å². The van der Waals surface area contributed by atoms with Crippen LogP contribution in [-0.4, -0.2) is 25.2 Å². The number of carbonyl (C=O) groups is 1. The summed E-state index contributed by atoms with van der Waals surface area (Å²) in [5, 5.41) is 4.97. The van der Waals surface area contributed by atoms with Crippen LogP contribution in [0, 0.1) is 6.92 Å². The van der Waals surface area contributed by atoms with Crippen LogP contribution in [0.5, 0.6) is 0 Å². The number of benzene rings is 2. The Balaban J connectivity index is 1.52. The Bertz CT molecular complexity index is 1210. The molecule has 156 valence electrons. The maximum atomic E-state index is 13.4. The van der Waals surface area contributed by atoms with E-state index in [1.807, 2.05) is 76.6 Å². The van der Waals surface area contributed by atoms with Crippen LogP contribution in [0.3, 0.4) is 0 Å². The molecule has 0 N–H and O–H groups in total. The highest BCUT2D eigenvalue weighted by atomic mass is 16.2. The van der Waals surface area contributed by atoms with Crippen molar-refractivity contribution in [1.82, 2.24) is 19.2 Å². The SMILES string of the molecule is CCC(C(=O)N1Cc2nn(-c3ccccc3C)c(-n3cccc3)c2C1)c1ccccc1. The molecule has 0 fully saturated rings. The summed E-state index contributed by atoms with van der Waals surface area (Å²) in [4.78, 5) is 15.4. The van der Waals surface area contributed by atoms with Gasteiger partial charge in [0.2, 0.25) is 5.91 Å². The summed E-state index contributed by atoms with van der Waals surface area (Å²) in [6.07, 6.45) is 4.86.